The summed E-state index contributed by atoms with van der Waals surface area (Å²) < 4.78 is 0. The number of halogens is 2. The molecule has 0 spiro atoms. The van der Waals surface area contributed by atoms with Gasteiger partial charge in [0.2, 0.25) is 0 Å². The van der Waals surface area contributed by atoms with E-state index in [1.807, 2.05) is 0 Å². The van der Waals surface area contributed by atoms with Crippen molar-refractivity contribution < 1.29 is 51.0 Å². The van der Waals surface area contributed by atoms with E-state index < -0.39 is 0 Å². The standard InChI is InChI=1S/C49H45.2ClH.Zr/c1-30-27-35-28-41-43(34-19-9-10-20-34)31(2)47(49(6,7)8)46(45(41)40(35)29-42(30)48(3,4)5)44(38-25-15-21-32-17-11-13-23-36(32)38)39-26-16-22-33-18-12-14-24-37(33)39;;;/h9-19,21-27,29H,20H2,1-8H3;2*1H;/q-1;;;+3/p-2. The van der Waals surface area contributed by atoms with Gasteiger partial charge in [-0.25, -0.2) is 0 Å². The molecule has 0 nitrogen and oxygen atoms in total. The van der Waals surface area contributed by atoms with E-state index in [4.69, 9.17) is 0 Å². The molecule has 0 saturated heterocycles. The fourth-order valence-corrected chi connectivity index (χ4v) is 8.75. The van der Waals surface area contributed by atoms with Crippen LogP contribution < -0.4 is 35.3 Å². The number of allylic oxidation sites excluding steroid dienone is 4. The van der Waals surface area contributed by atoms with Gasteiger partial charge < -0.3 is 24.8 Å². The Balaban J connectivity index is 0.00000174. The zero-order chi connectivity index (χ0) is 34.2. The molecule has 0 fully saturated rings. The molecule has 1 radical (unpaired) electrons. The van der Waals surface area contributed by atoms with Gasteiger partial charge in [-0.1, -0.05) is 179 Å². The molecule has 0 N–H and O–H groups in total. The summed E-state index contributed by atoms with van der Waals surface area (Å²) in [4.78, 5) is 0. The maximum atomic E-state index is 4.05. The van der Waals surface area contributed by atoms with E-state index in [-0.39, 0.29) is 61.8 Å². The Bertz CT molecular complexity index is 2570. The largest absolute Gasteiger partial charge is 3.00 e. The van der Waals surface area contributed by atoms with Gasteiger partial charge in [0.05, 0.1) is 0 Å². The number of hydrogen-bond donors (Lipinski definition) is 0. The molecular weight excluding hydrogens is 751 g/mol. The Labute approximate surface area is 340 Å². The number of aryl methyl sites for hydroxylation is 1. The summed E-state index contributed by atoms with van der Waals surface area (Å²) in [7, 11) is 0. The molecule has 52 heavy (non-hydrogen) atoms. The summed E-state index contributed by atoms with van der Waals surface area (Å²) in [5.41, 5.74) is 13.2. The maximum absolute atomic E-state index is 4.05. The molecule has 0 aromatic heterocycles. The van der Waals surface area contributed by atoms with Crippen molar-refractivity contribution >= 4 is 38.8 Å². The Hall–Kier alpha value is -3.48. The van der Waals surface area contributed by atoms with E-state index in [2.05, 4.69) is 177 Å². The van der Waals surface area contributed by atoms with Crippen LogP contribution in [-0.2, 0) is 37.0 Å². The Morgan fingerprint density at radius 3 is 1.75 bits per heavy atom. The summed E-state index contributed by atoms with van der Waals surface area (Å²) >= 11 is 0. The molecule has 0 unspecified atom stereocenters. The van der Waals surface area contributed by atoms with Crippen LogP contribution in [0.1, 0.15) is 92.5 Å². The molecule has 0 amide bonds. The molecule has 2 aliphatic carbocycles. The molecule has 6 aromatic carbocycles. The second kappa shape index (κ2) is 14.7. The fourth-order valence-electron chi connectivity index (χ4n) is 8.75. The van der Waals surface area contributed by atoms with Gasteiger partial charge in [-0.05, 0) is 80.1 Å². The first kappa shape index (κ1) is 39.7. The normalized spacial score (nSPS) is 13.0. The van der Waals surface area contributed by atoms with Crippen LogP contribution in [0.15, 0.2) is 115 Å². The first-order chi connectivity index (χ1) is 23.4. The Kier molecular flexibility index (Phi) is 11.3. The van der Waals surface area contributed by atoms with Gasteiger partial charge in [0.1, 0.15) is 0 Å². The van der Waals surface area contributed by atoms with Gasteiger partial charge in [-0.15, -0.1) is 33.4 Å². The fraction of sp³-hybridized carbons (Fsp3) is 0.224. The maximum Gasteiger partial charge on any atom is 3.00 e. The number of benzene rings is 6. The zero-order valence-electron chi connectivity index (χ0n) is 31.4. The Morgan fingerprint density at radius 2 is 1.23 bits per heavy atom. The van der Waals surface area contributed by atoms with Crippen molar-refractivity contribution in [1.29, 1.82) is 0 Å². The van der Waals surface area contributed by atoms with E-state index >= 15 is 0 Å². The summed E-state index contributed by atoms with van der Waals surface area (Å²) in [5, 5.41) is 10.2. The second-order valence-corrected chi connectivity index (χ2v) is 16.1. The minimum absolute atomic E-state index is 0. The molecule has 0 saturated carbocycles. The van der Waals surface area contributed by atoms with E-state index in [0.717, 1.165) is 6.42 Å². The average molecular weight is 796 g/mol. The smallest absolute Gasteiger partial charge is 1.00 e. The van der Waals surface area contributed by atoms with Crippen molar-refractivity contribution in [3.05, 3.63) is 181 Å². The van der Waals surface area contributed by atoms with E-state index in [9.17, 15) is 0 Å². The summed E-state index contributed by atoms with van der Waals surface area (Å²) in [6.45, 7) is 18.9. The molecule has 0 atom stereocenters. The van der Waals surface area contributed by atoms with Crippen LogP contribution >= 0.6 is 0 Å². The first-order valence-electron chi connectivity index (χ1n) is 17.8. The second-order valence-electron chi connectivity index (χ2n) is 16.1. The number of fused-ring (bicyclic) bond motifs is 4. The third-order valence-electron chi connectivity index (χ3n) is 10.7. The van der Waals surface area contributed by atoms with Gasteiger partial charge in [0.15, 0.2) is 0 Å². The predicted octanol–water partition coefficient (Wildman–Crippen LogP) is 5.11. The molecule has 8 rings (SSSR count). The van der Waals surface area contributed by atoms with Crippen molar-refractivity contribution in [3.63, 3.8) is 0 Å². The number of hydrogen-bond acceptors (Lipinski definition) is 0. The van der Waals surface area contributed by atoms with Crippen LogP contribution in [0.25, 0.3) is 38.8 Å². The average Bonchev–Trinajstić information content (AvgIpc) is 3.72. The van der Waals surface area contributed by atoms with Crippen LogP contribution in [0, 0.1) is 24.3 Å². The topological polar surface area (TPSA) is 0 Å². The monoisotopic (exact) mass is 793 g/mol. The van der Waals surface area contributed by atoms with E-state index in [1.54, 1.807) is 0 Å². The molecule has 6 aromatic rings. The minimum Gasteiger partial charge on any atom is -1.00 e. The van der Waals surface area contributed by atoms with Crippen LogP contribution in [0.4, 0.5) is 0 Å². The van der Waals surface area contributed by atoms with Gasteiger partial charge in [0, 0.05) is 0 Å². The predicted molar refractivity (Wildman–Crippen MR) is 210 cm³/mol. The quantitative estimate of drug-likeness (QED) is 0.219. The minimum atomic E-state index is -0.142. The van der Waals surface area contributed by atoms with Gasteiger partial charge >= 0.3 is 26.2 Å². The molecule has 0 aliphatic heterocycles. The Morgan fingerprint density at radius 1 is 0.673 bits per heavy atom. The summed E-state index contributed by atoms with van der Waals surface area (Å²) in [6, 6.07) is 36.4. The van der Waals surface area contributed by atoms with Crippen molar-refractivity contribution in [2.24, 2.45) is 0 Å². The van der Waals surface area contributed by atoms with Crippen molar-refractivity contribution in [2.75, 3.05) is 0 Å². The van der Waals surface area contributed by atoms with E-state index in [1.165, 1.54) is 98.1 Å². The molecule has 0 heterocycles. The van der Waals surface area contributed by atoms with Gasteiger partial charge in [-0.3, -0.25) is 0 Å². The van der Waals surface area contributed by atoms with Crippen molar-refractivity contribution in [3.8, 4) is 0 Å². The van der Waals surface area contributed by atoms with Crippen LogP contribution in [-0.4, -0.2) is 0 Å². The number of rotatable bonds is 3. The molecular formula is C49H45Cl2Zr. The molecule has 0 bridgehead atoms. The van der Waals surface area contributed by atoms with Gasteiger partial charge in [-0.2, -0.15) is 0 Å². The third kappa shape index (κ3) is 6.53. The summed E-state index contributed by atoms with van der Waals surface area (Å²) in [6.07, 6.45) is 11.8. The molecule has 2 aliphatic rings. The third-order valence-corrected chi connectivity index (χ3v) is 10.7. The molecule has 259 valence electrons. The van der Waals surface area contributed by atoms with Crippen molar-refractivity contribution in [1.82, 2.24) is 0 Å². The van der Waals surface area contributed by atoms with Crippen LogP contribution in [0.3, 0.4) is 0 Å². The SMILES string of the molecule is Cc1cc2c(cc1C(C)(C)C)=c1c(c(C3=CC=CC3)c(C)c(C(C)(C)C)c1=C(c1cccc3ccccc13)c1cccc3ccccc13)[C-]=2.[Cl-].[Cl-].[Zr+3]. The van der Waals surface area contributed by atoms with Gasteiger partial charge in [0.25, 0.3) is 0 Å². The first-order valence-corrected chi connectivity index (χ1v) is 17.8. The molecule has 3 heteroatoms. The van der Waals surface area contributed by atoms with Crippen LogP contribution in [0.2, 0.25) is 0 Å². The zero-order valence-corrected chi connectivity index (χ0v) is 35.4. The van der Waals surface area contributed by atoms with Crippen molar-refractivity contribution in [2.45, 2.75) is 72.6 Å². The summed E-state index contributed by atoms with van der Waals surface area (Å²) in [5.74, 6) is 0. The van der Waals surface area contributed by atoms with E-state index in [0.29, 0.717) is 0 Å². The van der Waals surface area contributed by atoms with Crippen LogP contribution in [0.5, 0.6) is 0 Å².